The molecule has 3 amide bonds. The number of amides is 3. The first-order chi connectivity index (χ1) is 16.6. The van der Waals surface area contributed by atoms with Crippen LogP contribution in [0.25, 0.3) is 22.6 Å². The largest absolute Gasteiger partial charge is 0.453 e. The van der Waals surface area contributed by atoms with Crippen molar-refractivity contribution in [3.05, 3.63) is 71.9 Å². The first kappa shape index (κ1) is 20.1. The zero-order valence-corrected chi connectivity index (χ0v) is 17.9. The number of imide groups is 1. The van der Waals surface area contributed by atoms with E-state index in [0.29, 0.717) is 29.4 Å². The van der Waals surface area contributed by atoms with E-state index >= 15 is 0 Å². The zero-order valence-electron chi connectivity index (χ0n) is 17.9. The van der Waals surface area contributed by atoms with Gasteiger partial charge in [0, 0.05) is 41.4 Å². The highest BCUT2D eigenvalue weighted by molar-refractivity contribution is 6.06. The van der Waals surface area contributed by atoms with Gasteiger partial charge in [0.1, 0.15) is 17.4 Å². The molecular weight excluding hydrogens is 434 g/mol. The molecule has 0 aliphatic carbocycles. The van der Waals surface area contributed by atoms with E-state index in [0.717, 1.165) is 22.2 Å². The van der Waals surface area contributed by atoms with E-state index in [1.807, 2.05) is 36.4 Å². The second kappa shape index (κ2) is 7.80. The summed E-state index contributed by atoms with van der Waals surface area (Å²) in [4.78, 5) is 47.3. The van der Waals surface area contributed by atoms with E-state index in [1.165, 1.54) is 4.90 Å². The van der Waals surface area contributed by atoms with Gasteiger partial charge in [0.15, 0.2) is 11.6 Å². The van der Waals surface area contributed by atoms with Crippen molar-refractivity contribution in [1.82, 2.24) is 20.2 Å². The maximum Gasteiger partial charge on any atom is 0.255 e. The molecule has 0 radical (unpaired) electrons. The standard InChI is InChI=1S/C25H19N5O4/c31-22-9-8-18(24(32)29-22)30-13-16-15(25(30)33)5-3-6-17(16)27-21-10-11-26-23(28-21)20-12-14-4-1-2-7-19(14)34-20/h1-7,10-12,18H,8-9,13H2,(H,26,27,28)(H,29,31,32). The third kappa shape index (κ3) is 3.38. The summed E-state index contributed by atoms with van der Waals surface area (Å²) in [5.41, 5.74) is 2.78. The maximum atomic E-state index is 13.0. The Labute approximate surface area is 193 Å². The Morgan fingerprint density at radius 3 is 2.79 bits per heavy atom. The lowest BCUT2D eigenvalue weighted by molar-refractivity contribution is -0.136. The molecule has 0 bridgehead atoms. The monoisotopic (exact) mass is 453 g/mol. The molecule has 1 saturated heterocycles. The smallest absolute Gasteiger partial charge is 0.255 e. The number of nitrogens with one attached hydrogen (secondary N) is 2. The number of nitrogens with zero attached hydrogens (tertiary/aromatic N) is 3. The Morgan fingerprint density at radius 1 is 1.06 bits per heavy atom. The fourth-order valence-electron chi connectivity index (χ4n) is 4.48. The number of rotatable bonds is 4. The highest BCUT2D eigenvalue weighted by Crippen LogP contribution is 2.34. The predicted octanol–water partition coefficient (Wildman–Crippen LogP) is 3.39. The topological polar surface area (TPSA) is 117 Å². The van der Waals surface area contributed by atoms with E-state index in [9.17, 15) is 14.4 Å². The van der Waals surface area contributed by atoms with Crippen LogP contribution >= 0.6 is 0 Å². The normalized spacial score (nSPS) is 17.7. The second-order valence-electron chi connectivity index (χ2n) is 8.27. The Hall–Kier alpha value is -4.53. The molecule has 0 saturated carbocycles. The number of carbonyl (C=O) groups excluding carboxylic acids is 3. The van der Waals surface area contributed by atoms with Crippen LogP contribution in [0.15, 0.2) is 65.2 Å². The molecule has 2 aromatic carbocycles. The average molecular weight is 453 g/mol. The number of piperidine rings is 1. The minimum atomic E-state index is -0.663. The fourth-order valence-corrected chi connectivity index (χ4v) is 4.48. The Morgan fingerprint density at radius 2 is 1.94 bits per heavy atom. The van der Waals surface area contributed by atoms with Gasteiger partial charge >= 0.3 is 0 Å². The van der Waals surface area contributed by atoms with E-state index in [2.05, 4.69) is 20.6 Å². The molecule has 9 heteroatoms. The molecular formula is C25H19N5O4. The summed E-state index contributed by atoms with van der Waals surface area (Å²) in [6.45, 7) is 0.269. The van der Waals surface area contributed by atoms with Crippen LogP contribution in [0.5, 0.6) is 0 Å². The van der Waals surface area contributed by atoms with Crippen molar-refractivity contribution in [2.45, 2.75) is 25.4 Å². The van der Waals surface area contributed by atoms with Gasteiger partial charge in [-0.25, -0.2) is 9.97 Å². The van der Waals surface area contributed by atoms with Gasteiger partial charge in [0.05, 0.1) is 0 Å². The van der Waals surface area contributed by atoms with E-state index < -0.39 is 11.9 Å². The number of aromatic nitrogens is 2. The minimum Gasteiger partial charge on any atom is -0.453 e. The lowest BCUT2D eigenvalue weighted by Gasteiger charge is -2.29. The van der Waals surface area contributed by atoms with Crippen LogP contribution in [0.2, 0.25) is 0 Å². The molecule has 1 fully saturated rings. The molecule has 0 spiro atoms. The van der Waals surface area contributed by atoms with Gasteiger partial charge in [-0.2, -0.15) is 0 Å². The van der Waals surface area contributed by atoms with Crippen molar-refractivity contribution >= 4 is 40.2 Å². The van der Waals surface area contributed by atoms with Crippen molar-refractivity contribution in [2.75, 3.05) is 5.32 Å². The van der Waals surface area contributed by atoms with Gasteiger partial charge in [0.2, 0.25) is 11.8 Å². The van der Waals surface area contributed by atoms with Crippen LogP contribution in [-0.2, 0) is 16.1 Å². The first-order valence-electron chi connectivity index (χ1n) is 10.9. The van der Waals surface area contributed by atoms with Gasteiger partial charge < -0.3 is 14.6 Å². The van der Waals surface area contributed by atoms with E-state index in [1.54, 1.807) is 24.4 Å². The molecule has 4 heterocycles. The molecule has 1 atom stereocenters. The molecule has 2 aromatic heterocycles. The average Bonchev–Trinajstić information content (AvgIpc) is 3.42. The molecule has 34 heavy (non-hydrogen) atoms. The number of fused-ring (bicyclic) bond motifs is 2. The van der Waals surface area contributed by atoms with Gasteiger partial charge in [-0.05, 0) is 36.8 Å². The summed E-state index contributed by atoms with van der Waals surface area (Å²) >= 11 is 0. The van der Waals surface area contributed by atoms with Gasteiger partial charge in [-0.1, -0.05) is 24.3 Å². The summed E-state index contributed by atoms with van der Waals surface area (Å²) in [5.74, 6) is 0.580. The van der Waals surface area contributed by atoms with Gasteiger partial charge in [-0.15, -0.1) is 0 Å². The van der Waals surface area contributed by atoms with Crippen LogP contribution in [0.3, 0.4) is 0 Å². The molecule has 2 aliphatic heterocycles. The highest BCUT2D eigenvalue weighted by Gasteiger charge is 2.39. The van der Waals surface area contributed by atoms with Crippen molar-refractivity contribution < 1.29 is 18.8 Å². The summed E-state index contributed by atoms with van der Waals surface area (Å²) in [6, 6.07) is 16.1. The van der Waals surface area contributed by atoms with Crippen LogP contribution < -0.4 is 10.6 Å². The minimum absolute atomic E-state index is 0.215. The van der Waals surface area contributed by atoms with Crippen LogP contribution in [0, 0.1) is 0 Å². The zero-order chi connectivity index (χ0) is 23.2. The van der Waals surface area contributed by atoms with Gasteiger partial charge in [-0.3, -0.25) is 19.7 Å². The Kier molecular flexibility index (Phi) is 4.61. The number of hydrogen-bond acceptors (Lipinski definition) is 7. The Balaban J connectivity index is 1.28. The van der Waals surface area contributed by atoms with Gasteiger partial charge in [0.25, 0.3) is 5.91 Å². The summed E-state index contributed by atoms with van der Waals surface area (Å²) in [6.07, 6.45) is 2.18. The fraction of sp³-hybridized carbons (Fsp3) is 0.160. The molecule has 9 nitrogen and oxygen atoms in total. The lowest BCUT2D eigenvalue weighted by atomic mass is 10.0. The quantitative estimate of drug-likeness (QED) is 0.455. The van der Waals surface area contributed by atoms with E-state index in [4.69, 9.17) is 4.42 Å². The number of anilines is 2. The summed E-state index contributed by atoms with van der Waals surface area (Å²) in [7, 11) is 0. The van der Waals surface area contributed by atoms with E-state index in [-0.39, 0.29) is 24.8 Å². The molecule has 4 aromatic rings. The number of benzene rings is 2. The third-order valence-corrected chi connectivity index (χ3v) is 6.15. The number of furan rings is 1. The predicted molar refractivity (Wildman–Crippen MR) is 123 cm³/mol. The summed E-state index contributed by atoms with van der Waals surface area (Å²) in [5, 5.41) is 6.58. The molecule has 6 rings (SSSR count). The maximum absolute atomic E-state index is 13.0. The molecule has 2 N–H and O–H groups in total. The number of hydrogen-bond donors (Lipinski definition) is 2. The van der Waals surface area contributed by atoms with Crippen molar-refractivity contribution in [2.24, 2.45) is 0 Å². The molecule has 2 aliphatic rings. The number of para-hydroxylation sites is 1. The SMILES string of the molecule is O=C1CCC(N2Cc3c(Nc4ccnc(-c5cc6ccccc6o5)n4)cccc3C2=O)C(=O)N1. The highest BCUT2D eigenvalue weighted by atomic mass is 16.3. The lowest BCUT2D eigenvalue weighted by Crippen LogP contribution is -2.52. The van der Waals surface area contributed by atoms with Crippen LogP contribution in [-0.4, -0.2) is 38.6 Å². The molecule has 1 unspecified atom stereocenters. The first-order valence-corrected chi connectivity index (χ1v) is 10.9. The van der Waals surface area contributed by atoms with Crippen molar-refractivity contribution in [1.29, 1.82) is 0 Å². The Bertz CT molecular complexity index is 1440. The van der Waals surface area contributed by atoms with Crippen molar-refractivity contribution in [3.63, 3.8) is 0 Å². The van der Waals surface area contributed by atoms with Crippen molar-refractivity contribution in [3.8, 4) is 11.6 Å². The molecule has 168 valence electrons. The number of carbonyl (C=O) groups is 3. The third-order valence-electron chi connectivity index (χ3n) is 6.15. The second-order valence-corrected chi connectivity index (χ2v) is 8.27. The van der Waals surface area contributed by atoms with Crippen LogP contribution in [0.1, 0.15) is 28.8 Å². The van der Waals surface area contributed by atoms with Crippen LogP contribution in [0.4, 0.5) is 11.5 Å². The summed E-state index contributed by atoms with van der Waals surface area (Å²) < 4.78 is 5.88.